The van der Waals surface area contributed by atoms with Gasteiger partial charge in [-0.05, 0) is 54.1 Å². The number of rotatable bonds is 6. The van der Waals surface area contributed by atoms with E-state index in [1.165, 1.54) is 0 Å². The number of hydrogen-bond acceptors (Lipinski definition) is 5. The van der Waals surface area contributed by atoms with E-state index in [1.807, 2.05) is 36.4 Å². The molecule has 174 valence electrons. The van der Waals surface area contributed by atoms with Crippen LogP contribution in [0.3, 0.4) is 0 Å². The Labute approximate surface area is 200 Å². The van der Waals surface area contributed by atoms with Crippen LogP contribution in [0.25, 0.3) is 0 Å². The molecule has 0 aliphatic carbocycles. The molecule has 11 heteroatoms. The van der Waals surface area contributed by atoms with E-state index in [0.717, 1.165) is 14.9 Å². The molecule has 3 aromatic rings. The van der Waals surface area contributed by atoms with E-state index in [4.69, 9.17) is 9.90 Å². The predicted octanol–water partition coefficient (Wildman–Crippen LogP) is 5.56. The molecular weight excluding hydrogens is 525 g/mol. The highest BCUT2D eigenvalue weighted by molar-refractivity contribution is 9.10. The van der Waals surface area contributed by atoms with Crippen LogP contribution in [-0.4, -0.2) is 39.0 Å². The summed E-state index contributed by atoms with van der Waals surface area (Å²) in [7, 11) is 0. The van der Waals surface area contributed by atoms with Crippen LogP contribution in [0.4, 0.5) is 18.9 Å². The highest BCUT2D eigenvalue weighted by Gasteiger charge is 2.38. The number of carboxylic acids is 1. The van der Waals surface area contributed by atoms with Crippen molar-refractivity contribution in [3.8, 4) is 0 Å². The maximum absolute atomic E-state index is 12.2. The van der Waals surface area contributed by atoms with Crippen molar-refractivity contribution in [2.45, 2.75) is 17.2 Å². The van der Waals surface area contributed by atoms with Crippen LogP contribution in [0.15, 0.2) is 82.4 Å². The number of aliphatic hydroxyl groups is 1. The Bertz CT molecular complexity index is 1050. The maximum atomic E-state index is 12.2. The lowest BCUT2D eigenvalue weighted by Crippen LogP contribution is -2.21. The van der Waals surface area contributed by atoms with Gasteiger partial charge in [0.15, 0.2) is 0 Å². The Morgan fingerprint density at radius 3 is 2.18 bits per heavy atom. The number of aliphatic carboxylic acids is 1. The van der Waals surface area contributed by atoms with Gasteiger partial charge in [-0.15, -0.1) is 11.8 Å². The molecule has 2 aromatic carbocycles. The third-order valence-corrected chi connectivity index (χ3v) is 5.56. The van der Waals surface area contributed by atoms with Gasteiger partial charge >= 0.3 is 12.1 Å². The third kappa shape index (κ3) is 9.24. The fraction of sp³-hybridized carbons (Fsp3) is 0.136. The number of halogens is 4. The number of aromatic nitrogens is 1. The van der Waals surface area contributed by atoms with Gasteiger partial charge in [0.25, 0.3) is 5.91 Å². The summed E-state index contributed by atoms with van der Waals surface area (Å²) in [6.07, 6.45) is -2.36. The number of alkyl halides is 3. The quantitative estimate of drug-likeness (QED) is 0.353. The number of aliphatic hydroxyl groups excluding tert-OH is 1. The number of carboxylic acid groups (broad SMARTS) is 1. The van der Waals surface area contributed by atoms with Gasteiger partial charge in [-0.1, -0.05) is 28.1 Å². The van der Waals surface area contributed by atoms with E-state index in [2.05, 4.69) is 26.2 Å². The molecule has 0 fully saturated rings. The van der Waals surface area contributed by atoms with Crippen molar-refractivity contribution in [3.63, 3.8) is 0 Å². The number of benzene rings is 2. The number of amides is 1. The molecule has 0 spiro atoms. The van der Waals surface area contributed by atoms with Crippen molar-refractivity contribution in [2.75, 3.05) is 11.1 Å². The summed E-state index contributed by atoms with van der Waals surface area (Å²) >= 11 is 4.93. The van der Waals surface area contributed by atoms with Gasteiger partial charge < -0.3 is 15.5 Å². The highest BCUT2D eigenvalue weighted by atomic mass is 79.9. The Morgan fingerprint density at radius 2 is 1.67 bits per heavy atom. The van der Waals surface area contributed by atoms with Crippen molar-refractivity contribution >= 4 is 45.3 Å². The van der Waals surface area contributed by atoms with Crippen molar-refractivity contribution in [3.05, 3.63) is 88.7 Å². The number of hydrogen-bond donors (Lipinski definition) is 3. The summed E-state index contributed by atoms with van der Waals surface area (Å²) in [6, 6.07) is 18.5. The molecule has 6 nitrogen and oxygen atoms in total. The first-order valence-corrected chi connectivity index (χ1v) is 11.0. The zero-order valence-corrected chi connectivity index (χ0v) is 19.2. The second kappa shape index (κ2) is 12.4. The zero-order valence-electron chi connectivity index (χ0n) is 16.8. The van der Waals surface area contributed by atoms with Crippen LogP contribution in [0, 0.1) is 0 Å². The van der Waals surface area contributed by atoms with Crippen LogP contribution >= 0.6 is 27.7 Å². The van der Waals surface area contributed by atoms with Crippen molar-refractivity contribution in [1.29, 1.82) is 0 Å². The minimum Gasteiger partial charge on any atom is -0.475 e. The van der Waals surface area contributed by atoms with Crippen LogP contribution < -0.4 is 5.32 Å². The molecule has 3 N–H and O–H groups in total. The Morgan fingerprint density at radius 1 is 1.06 bits per heavy atom. The topological polar surface area (TPSA) is 99.5 Å². The molecule has 33 heavy (non-hydrogen) atoms. The molecule has 0 bridgehead atoms. The van der Waals surface area contributed by atoms with Gasteiger partial charge in [-0.25, -0.2) is 4.79 Å². The van der Waals surface area contributed by atoms with Gasteiger partial charge in [0.05, 0.1) is 18.0 Å². The van der Waals surface area contributed by atoms with Crippen LogP contribution in [0.2, 0.25) is 0 Å². The lowest BCUT2D eigenvalue weighted by Gasteiger charge is -2.11. The maximum Gasteiger partial charge on any atom is 0.490 e. The number of carbonyl (C=O) groups excluding carboxylic acids is 1. The molecule has 3 rings (SSSR count). The minimum absolute atomic E-state index is 0.176. The third-order valence-electron chi connectivity index (χ3n) is 3.94. The lowest BCUT2D eigenvalue weighted by atomic mass is 10.1. The standard InChI is InChI=1S/C20H17BrN2O2S.C2HF3O2/c21-16-7-3-14(4-8-16)19(24)13-26-18-9-5-15(6-10-18)20(25)23-17-2-1-11-22-12-17;3-2(4,5)1(6)7/h1-12,19,24H,13H2,(H,23,25);(H,6,7). The van der Waals surface area contributed by atoms with E-state index >= 15 is 0 Å². The molecule has 1 amide bonds. The zero-order chi connectivity index (χ0) is 24.4. The number of nitrogens with zero attached hydrogens (tertiary/aromatic N) is 1. The second-order valence-corrected chi connectivity index (χ2v) is 8.41. The summed E-state index contributed by atoms with van der Waals surface area (Å²) in [6.45, 7) is 0. The van der Waals surface area contributed by atoms with Gasteiger partial charge in [-0.2, -0.15) is 13.2 Å². The summed E-state index contributed by atoms with van der Waals surface area (Å²) in [5, 5.41) is 20.2. The van der Waals surface area contributed by atoms with E-state index < -0.39 is 18.2 Å². The molecule has 0 saturated heterocycles. The molecule has 1 aromatic heterocycles. The first kappa shape index (κ1) is 26.4. The van der Waals surface area contributed by atoms with Gasteiger partial charge in [0.2, 0.25) is 0 Å². The van der Waals surface area contributed by atoms with Crippen molar-refractivity contribution in [2.24, 2.45) is 0 Å². The Kier molecular flexibility index (Phi) is 9.89. The summed E-state index contributed by atoms with van der Waals surface area (Å²) in [5.74, 6) is -2.39. The monoisotopic (exact) mass is 542 g/mol. The first-order valence-electron chi connectivity index (χ1n) is 9.24. The summed E-state index contributed by atoms with van der Waals surface area (Å²) in [5.41, 5.74) is 2.12. The van der Waals surface area contributed by atoms with Gasteiger partial charge in [0.1, 0.15) is 0 Å². The van der Waals surface area contributed by atoms with E-state index in [-0.39, 0.29) is 5.91 Å². The average molecular weight is 543 g/mol. The first-order chi connectivity index (χ1) is 15.6. The van der Waals surface area contributed by atoms with Crippen LogP contribution in [-0.2, 0) is 4.79 Å². The minimum atomic E-state index is -5.08. The largest absolute Gasteiger partial charge is 0.490 e. The van der Waals surface area contributed by atoms with Gasteiger partial charge in [-0.3, -0.25) is 9.78 Å². The molecular formula is C22H18BrF3N2O4S. The molecule has 0 radical (unpaired) electrons. The Balaban J connectivity index is 0.000000479. The second-order valence-electron chi connectivity index (χ2n) is 6.40. The summed E-state index contributed by atoms with van der Waals surface area (Å²) < 4.78 is 32.7. The van der Waals surface area contributed by atoms with E-state index in [0.29, 0.717) is 17.0 Å². The van der Waals surface area contributed by atoms with Gasteiger partial charge in [0, 0.05) is 26.9 Å². The number of pyridine rings is 1. The average Bonchev–Trinajstić information content (AvgIpc) is 2.78. The van der Waals surface area contributed by atoms with E-state index in [9.17, 15) is 23.1 Å². The number of carbonyl (C=O) groups is 2. The number of nitrogens with one attached hydrogen (secondary N) is 1. The lowest BCUT2D eigenvalue weighted by molar-refractivity contribution is -0.192. The van der Waals surface area contributed by atoms with Crippen molar-refractivity contribution < 1.29 is 33.0 Å². The number of thioether (sulfide) groups is 1. The fourth-order valence-corrected chi connectivity index (χ4v) is 3.43. The normalized spacial score (nSPS) is 11.7. The molecule has 1 atom stereocenters. The number of anilines is 1. The summed E-state index contributed by atoms with van der Waals surface area (Å²) in [4.78, 5) is 26.1. The van der Waals surface area contributed by atoms with Crippen LogP contribution in [0.5, 0.6) is 0 Å². The molecule has 0 saturated carbocycles. The molecule has 0 aliphatic rings. The molecule has 1 unspecified atom stereocenters. The van der Waals surface area contributed by atoms with E-state index in [1.54, 1.807) is 48.4 Å². The van der Waals surface area contributed by atoms with Crippen molar-refractivity contribution in [1.82, 2.24) is 4.98 Å². The van der Waals surface area contributed by atoms with Crippen LogP contribution in [0.1, 0.15) is 22.0 Å². The highest BCUT2D eigenvalue weighted by Crippen LogP contribution is 2.26. The molecule has 0 aliphatic heterocycles. The Hall–Kier alpha value is -2.89. The smallest absolute Gasteiger partial charge is 0.475 e. The predicted molar refractivity (Wildman–Crippen MR) is 122 cm³/mol. The molecule has 1 heterocycles. The fourth-order valence-electron chi connectivity index (χ4n) is 2.30. The SMILES string of the molecule is O=C(Nc1cccnc1)c1ccc(SCC(O)c2ccc(Br)cc2)cc1.O=C(O)C(F)(F)F.